The van der Waals surface area contributed by atoms with Gasteiger partial charge in [-0.1, -0.05) is 6.58 Å². The van der Waals surface area contributed by atoms with E-state index >= 15 is 4.39 Å². The first-order valence-electron chi connectivity index (χ1n) is 8.69. The number of anilines is 2. The van der Waals surface area contributed by atoms with Gasteiger partial charge in [0.2, 0.25) is 0 Å². The van der Waals surface area contributed by atoms with Crippen molar-refractivity contribution in [2.24, 2.45) is 4.99 Å². The van der Waals surface area contributed by atoms with E-state index in [1.165, 1.54) is 0 Å². The molecule has 3 aliphatic rings. The summed E-state index contributed by atoms with van der Waals surface area (Å²) in [5.41, 5.74) is 1.80. The third-order valence-corrected chi connectivity index (χ3v) is 5.50. The smallest absolute Gasteiger partial charge is 0.168 e. The van der Waals surface area contributed by atoms with Gasteiger partial charge in [0.05, 0.1) is 23.0 Å². The summed E-state index contributed by atoms with van der Waals surface area (Å²) in [7, 11) is 5.99. The van der Waals surface area contributed by atoms with E-state index in [0.29, 0.717) is 17.2 Å². The molecule has 0 spiro atoms. The van der Waals surface area contributed by atoms with Gasteiger partial charge in [-0.2, -0.15) is 0 Å². The molecule has 4 heterocycles. The van der Waals surface area contributed by atoms with E-state index in [2.05, 4.69) is 35.3 Å². The van der Waals surface area contributed by atoms with Crippen LogP contribution in [-0.2, 0) is 0 Å². The molecule has 1 saturated heterocycles. The number of halogens is 1. The molecule has 0 amide bonds. The Kier molecular flexibility index (Phi) is 3.54. The summed E-state index contributed by atoms with van der Waals surface area (Å²) in [6.07, 6.45) is 0. The number of pyridine rings is 1. The zero-order chi connectivity index (χ0) is 18.0. The fraction of sp³-hybridized carbons (Fsp3) is 0.556. The van der Waals surface area contributed by atoms with Gasteiger partial charge in [0.1, 0.15) is 17.5 Å². The van der Waals surface area contributed by atoms with Crippen LogP contribution in [-0.4, -0.2) is 73.5 Å². The summed E-state index contributed by atoms with van der Waals surface area (Å²) < 4.78 is 15.1. The summed E-state index contributed by atoms with van der Waals surface area (Å²) in [4.78, 5) is 17.9. The maximum absolute atomic E-state index is 15.1. The second-order valence-electron chi connectivity index (χ2n) is 7.48. The molecule has 2 atom stereocenters. The molecule has 4 rings (SSSR count). The minimum absolute atomic E-state index is 0.244. The highest BCUT2D eigenvalue weighted by molar-refractivity contribution is 6.11. The van der Waals surface area contributed by atoms with Crippen molar-refractivity contribution in [1.29, 1.82) is 0 Å². The van der Waals surface area contributed by atoms with Gasteiger partial charge in [-0.3, -0.25) is 0 Å². The Morgan fingerprint density at radius 2 is 1.88 bits per heavy atom. The Morgan fingerprint density at radius 1 is 1.16 bits per heavy atom. The highest BCUT2D eigenvalue weighted by Gasteiger charge is 2.42. The van der Waals surface area contributed by atoms with Crippen molar-refractivity contribution in [1.82, 2.24) is 14.8 Å². The fourth-order valence-electron chi connectivity index (χ4n) is 4.38. The van der Waals surface area contributed by atoms with Crippen molar-refractivity contribution >= 4 is 17.3 Å². The summed E-state index contributed by atoms with van der Waals surface area (Å²) in [5, 5.41) is 0. The number of aryl methyl sites for hydroxylation is 1. The standard InChI is InChI=1S/C18H25FN6/c1-10-7-22(4)8-13-9-23(5)16-14-17(20-11(2)15(16)19)24(6)12(3)21-18(14)25(10)13/h10,13H,3,7-9H2,1-2,4-6H3. The quantitative estimate of drug-likeness (QED) is 0.716. The third-order valence-electron chi connectivity index (χ3n) is 5.50. The maximum atomic E-state index is 15.1. The summed E-state index contributed by atoms with van der Waals surface area (Å²) >= 11 is 0. The Morgan fingerprint density at radius 3 is 2.60 bits per heavy atom. The number of piperazine rings is 1. The van der Waals surface area contributed by atoms with Crippen molar-refractivity contribution < 1.29 is 4.39 Å². The fourth-order valence-corrected chi connectivity index (χ4v) is 4.38. The van der Waals surface area contributed by atoms with Crippen molar-refractivity contribution in [2.45, 2.75) is 25.9 Å². The number of aromatic nitrogens is 1. The van der Waals surface area contributed by atoms with E-state index in [1.54, 1.807) is 6.92 Å². The van der Waals surface area contributed by atoms with Gasteiger partial charge in [-0.05, 0) is 20.9 Å². The lowest BCUT2D eigenvalue weighted by molar-refractivity contribution is 0.108. The molecule has 7 heteroatoms. The lowest BCUT2D eigenvalue weighted by atomic mass is 10.0. The van der Waals surface area contributed by atoms with Gasteiger partial charge in [-0.15, -0.1) is 0 Å². The second-order valence-corrected chi connectivity index (χ2v) is 7.48. The van der Waals surface area contributed by atoms with Crippen LogP contribution in [0.5, 0.6) is 0 Å². The highest BCUT2D eigenvalue weighted by Crippen LogP contribution is 2.41. The third kappa shape index (κ3) is 2.25. The van der Waals surface area contributed by atoms with Crippen LogP contribution in [0.15, 0.2) is 17.4 Å². The average molecular weight is 344 g/mol. The molecule has 6 nitrogen and oxygen atoms in total. The first kappa shape index (κ1) is 16.3. The van der Waals surface area contributed by atoms with E-state index in [-0.39, 0.29) is 17.9 Å². The minimum Gasteiger partial charge on any atom is -0.369 e. The molecule has 134 valence electrons. The molecule has 0 saturated carbocycles. The molecular formula is C18H25FN6. The van der Waals surface area contributed by atoms with Crippen LogP contribution in [0.4, 0.5) is 15.9 Å². The minimum atomic E-state index is -0.254. The molecule has 1 aromatic rings. The molecule has 0 aromatic carbocycles. The van der Waals surface area contributed by atoms with Crippen LogP contribution in [0, 0.1) is 12.7 Å². The van der Waals surface area contributed by atoms with Gasteiger partial charge < -0.3 is 19.6 Å². The zero-order valence-electron chi connectivity index (χ0n) is 15.5. The van der Waals surface area contributed by atoms with Gasteiger partial charge in [0.25, 0.3) is 0 Å². The lowest BCUT2D eigenvalue weighted by Crippen LogP contribution is -2.60. The van der Waals surface area contributed by atoms with Crippen LogP contribution in [0.3, 0.4) is 0 Å². The van der Waals surface area contributed by atoms with Gasteiger partial charge in [-0.25, -0.2) is 14.4 Å². The molecule has 1 aromatic heterocycles. The molecule has 1 fully saturated rings. The van der Waals surface area contributed by atoms with Gasteiger partial charge in [0.15, 0.2) is 5.82 Å². The highest BCUT2D eigenvalue weighted by atomic mass is 19.1. The van der Waals surface area contributed by atoms with E-state index in [1.807, 2.05) is 23.9 Å². The van der Waals surface area contributed by atoms with E-state index < -0.39 is 0 Å². The first-order valence-corrected chi connectivity index (χ1v) is 8.69. The van der Waals surface area contributed by atoms with E-state index in [4.69, 9.17) is 4.99 Å². The normalized spacial score (nSPS) is 26.2. The van der Waals surface area contributed by atoms with Crippen LogP contribution in [0.25, 0.3) is 0 Å². The number of nitrogens with zero attached hydrogens (tertiary/aromatic N) is 6. The molecule has 3 aliphatic heterocycles. The van der Waals surface area contributed by atoms with E-state index in [9.17, 15) is 0 Å². The Labute approximate surface area is 148 Å². The number of aliphatic imine (C=N–C) groups is 1. The number of fused-ring (bicyclic) bond motifs is 2. The van der Waals surface area contributed by atoms with Crippen LogP contribution >= 0.6 is 0 Å². The molecular weight excluding hydrogens is 319 g/mol. The topological polar surface area (TPSA) is 38.2 Å². The number of amidine groups is 1. The van der Waals surface area contributed by atoms with Crippen LogP contribution < -0.4 is 9.80 Å². The van der Waals surface area contributed by atoms with Crippen molar-refractivity contribution in [3.8, 4) is 0 Å². The molecule has 2 unspecified atom stereocenters. The summed E-state index contributed by atoms with van der Waals surface area (Å²) in [6, 6.07) is 0.531. The van der Waals surface area contributed by atoms with E-state index in [0.717, 1.165) is 36.9 Å². The summed E-state index contributed by atoms with van der Waals surface area (Å²) in [5.74, 6) is 1.94. The molecule has 0 bridgehead atoms. The lowest BCUT2D eigenvalue weighted by Gasteiger charge is -2.46. The number of hydrogen-bond donors (Lipinski definition) is 0. The van der Waals surface area contributed by atoms with Crippen molar-refractivity contribution in [2.75, 3.05) is 50.6 Å². The zero-order valence-corrected chi connectivity index (χ0v) is 15.5. The Hall–Kier alpha value is -2.15. The van der Waals surface area contributed by atoms with Gasteiger partial charge in [0, 0.05) is 39.8 Å². The number of likely N-dealkylation sites (N-methyl/N-ethyl adjacent to an activating group) is 2. The Balaban J connectivity index is 2.00. The second kappa shape index (κ2) is 5.42. The van der Waals surface area contributed by atoms with Crippen molar-refractivity contribution in [3.63, 3.8) is 0 Å². The average Bonchev–Trinajstić information content (AvgIpc) is 2.64. The number of hydrogen-bond acceptors (Lipinski definition) is 6. The van der Waals surface area contributed by atoms with Gasteiger partial charge >= 0.3 is 0 Å². The summed E-state index contributed by atoms with van der Waals surface area (Å²) in [6.45, 7) is 10.6. The number of rotatable bonds is 0. The Bertz CT molecular complexity index is 788. The molecule has 0 radical (unpaired) electrons. The van der Waals surface area contributed by atoms with Crippen molar-refractivity contribution in [3.05, 3.63) is 29.5 Å². The predicted molar refractivity (Wildman–Crippen MR) is 98.9 cm³/mol. The molecule has 25 heavy (non-hydrogen) atoms. The predicted octanol–water partition coefficient (Wildman–Crippen LogP) is 1.65. The van der Waals surface area contributed by atoms with Crippen LogP contribution in [0.2, 0.25) is 0 Å². The molecule has 0 N–H and O–H groups in total. The maximum Gasteiger partial charge on any atom is 0.168 e. The van der Waals surface area contributed by atoms with Crippen LogP contribution in [0.1, 0.15) is 18.2 Å². The monoisotopic (exact) mass is 344 g/mol. The largest absolute Gasteiger partial charge is 0.369 e. The molecule has 0 aliphatic carbocycles. The SMILES string of the molecule is C=C1N=C2c3c(nc(C)c(F)c3N(C)CC3CN(C)CC(C)N23)N1C. The first-order chi connectivity index (χ1) is 11.8.